The van der Waals surface area contributed by atoms with Crippen LogP contribution in [0.2, 0.25) is 5.15 Å². The summed E-state index contributed by atoms with van der Waals surface area (Å²) in [4.78, 5) is 4.05. The fourth-order valence-electron chi connectivity index (χ4n) is 2.53. The highest BCUT2D eigenvalue weighted by atomic mass is 35.5. The maximum absolute atomic E-state index is 14.1. The Hall–Kier alpha value is -2.06. The molecule has 0 spiro atoms. The zero-order valence-electron chi connectivity index (χ0n) is 12.4. The summed E-state index contributed by atoms with van der Waals surface area (Å²) in [5.41, 5.74) is 0.532. The van der Waals surface area contributed by atoms with Gasteiger partial charge in [0.05, 0.1) is 19.8 Å². The molecule has 4 nitrogen and oxygen atoms in total. The van der Waals surface area contributed by atoms with Crippen LogP contribution < -0.4 is 9.47 Å². The van der Waals surface area contributed by atoms with Gasteiger partial charge in [-0.1, -0.05) is 11.6 Å². The van der Waals surface area contributed by atoms with Gasteiger partial charge in [0.15, 0.2) is 41.1 Å². The topological polar surface area (TPSA) is 36.3 Å². The standard InChI is InChI=1S/C15H10ClF3N2O2S/c1-22-13-9(17)5-10(18)14(23-2)12(13)8-6-21(24-19)15-7(8)3-4-11(16)20-15/h3-6H,1-2H3. The van der Waals surface area contributed by atoms with Crippen LogP contribution in [0, 0.1) is 11.6 Å². The number of nitrogens with zero attached hydrogens (tertiary/aromatic N) is 2. The van der Waals surface area contributed by atoms with Gasteiger partial charge in [0.2, 0.25) is 0 Å². The number of hydrogen-bond acceptors (Lipinski definition) is 4. The molecule has 0 N–H and O–H groups in total. The van der Waals surface area contributed by atoms with Gasteiger partial charge in [-0.15, -0.1) is 3.89 Å². The van der Waals surface area contributed by atoms with Crippen LogP contribution in [-0.2, 0) is 0 Å². The Morgan fingerprint density at radius 1 is 1.12 bits per heavy atom. The third kappa shape index (κ3) is 2.55. The molecule has 2 aromatic heterocycles. The van der Waals surface area contributed by atoms with Crippen molar-refractivity contribution in [3.8, 4) is 22.6 Å². The molecule has 0 radical (unpaired) electrons. The van der Waals surface area contributed by atoms with Crippen LogP contribution in [0.1, 0.15) is 0 Å². The second kappa shape index (κ2) is 6.45. The number of methoxy groups -OCH3 is 2. The Bertz CT molecular complexity index is 905. The molecule has 3 rings (SSSR count). The van der Waals surface area contributed by atoms with E-state index in [4.69, 9.17) is 21.1 Å². The maximum atomic E-state index is 14.1. The van der Waals surface area contributed by atoms with Crippen molar-refractivity contribution in [2.24, 2.45) is 0 Å². The van der Waals surface area contributed by atoms with Crippen LogP contribution in [0.4, 0.5) is 12.7 Å². The number of benzene rings is 1. The van der Waals surface area contributed by atoms with E-state index in [9.17, 15) is 12.7 Å². The van der Waals surface area contributed by atoms with E-state index in [1.54, 1.807) is 6.07 Å². The molecule has 0 saturated carbocycles. The summed E-state index contributed by atoms with van der Waals surface area (Å²) < 4.78 is 52.7. The normalized spacial score (nSPS) is 11.1. The predicted octanol–water partition coefficient (Wildman–Crippen LogP) is 5.03. The van der Waals surface area contributed by atoms with E-state index in [1.807, 2.05) is 0 Å². The van der Waals surface area contributed by atoms with Crippen LogP contribution in [0.15, 0.2) is 24.4 Å². The highest BCUT2D eigenvalue weighted by Gasteiger charge is 2.25. The molecule has 0 saturated heterocycles. The van der Waals surface area contributed by atoms with Gasteiger partial charge in [-0.2, -0.15) is 0 Å². The third-order valence-electron chi connectivity index (χ3n) is 3.48. The molecule has 24 heavy (non-hydrogen) atoms. The molecule has 0 aliphatic heterocycles. The number of rotatable bonds is 4. The predicted molar refractivity (Wildman–Crippen MR) is 87.3 cm³/mol. The first-order valence-electron chi connectivity index (χ1n) is 6.58. The van der Waals surface area contributed by atoms with Gasteiger partial charge in [0.1, 0.15) is 5.15 Å². The zero-order chi connectivity index (χ0) is 17.4. The Morgan fingerprint density at radius 3 is 2.29 bits per heavy atom. The van der Waals surface area contributed by atoms with E-state index in [1.165, 1.54) is 26.5 Å². The van der Waals surface area contributed by atoms with Gasteiger partial charge in [0.25, 0.3) is 0 Å². The smallest absolute Gasteiger partial charge is 0.171 e. The summed E-state index contributed by atoms with van der Waals surface area (Å²) in [6, 6.07) is 3.74. The summed E-state index contributed by atoms with van der Waals surface area (Å²) in [6.45, 7) is 0. The lowest BCUT2D eigenvalue weighted by Gasteiger charge is -2.14. The van der Waals surface area contributed by atoms with Gasteiger partial charge in [-0.3, -0.25) is 0 Å². The van der Waals surface area contributed by atoms with Gasteiger partial charge in [-0.25, -0.2) is 17.7 Å². The van der Waals surface area contributed by atoms with E-state index >= 15 is 0 Å². The lowest BCUT2D eigenvalue weighted by Crippen LogP contribution is -1.99. The van der Waals surface area contributed by atoms with Crippen LogP contribution in [0.5, 0.6) is 11.5 Å². The van der Waals surface area contributed by atoms with Crippen molar-refractivity contribution in [2.75, 3.05) is 14.2 Å². The van der Waals surface area contributed by atoms with Gasteiger partial charge in [0, 0.05) is 23.2 Å². The highest BCUT2D eigenvalue weighted by Crippen LogP contribution is 2.45. The molecule has 0 unspecified atom stereocenters. The lowest BCUT2D eigenvalue weighted by atomic mass is 10.0. The Morgan fingerprint density at radius 2 is 1.75 bits per heavy atom. The first-order chi connectivity index (χ1) is 11.5. The Kier molecular flexibility index (Phi) is 4.51. The molecule has 0 aliphatic carbocycles. The van der Waals surface area contributed by atoms with Crippen molar-refractivity contribution >= 4 is 35.0 Å². The molecule has 0 amide bonds. The van der Waals surface area contributed by atoms with Crippen molar-refractivity contribution < 1.29 is 22.1 Å². The minimum Gasteiger partial charge on any atom is -0.493 e. The Balaban J connectivity index is 2.44. The number of hydrogen-bond donors (Lipinski definition) is 0. The lowest BCUT2D eigenvalue weighted by molar-refractivity contribution is 0.361. The monoisotopic (exact) mass is 374 g/mol. The minimum absolute atomic E-state index is 0.0272. The number of halogens is 4. The van der Waals surface area contributed by atoms with E-state index in [-0.39, 0.29) is 40.2 Å². The molecule has 1 aromatic carbocycles. The van der Waals surface area contributed by atoms with Crippen molar-refractivity contribution in [1.29, 1.82) is 0 Å². The largest absolute Gasteiger partial charge is 0.493 e. The number of ether oxygens (including phenoxy) is 2. The van der Waals surface area contributed by atoms with Gasteiger partial charge in [-0.05, 0) is 12.1 Å². The molecule has 9 heteroatoms. The molecular formula is C15H10ClF3N2O2S. The van der Waals surface area contributed by atoms with E-state index in [2.05, 4.69) is 4.98 Å². The summed E-state index contributed by atoms with van der Waals surface area (Å²) in [5, 5.41) is 0.595. The number of pyridine rings is 1. The first kappa shape index (κ1) is 16.8. The van der Waals surface area contributed by atoms with Crippen LogP contribution in [0.3, 0.4) is 0 Å². The molecule has 0 atom stereocenters. The highest BCUT2D eigenvalue weighted by molar-refractivity contribution is 7.92. The van der Waals surface area contributed by atoms with Crippen molar-refractivity contribution in [3.05, 3.63) is 41.2 Å². The molecule has 3 aromatic rings. The Labute approximate surface area is 144 Å². The van der Waals surface area contributed by atoms with Crippen LogP contribution in [0.25, 0.3) is 22.2 Å². The zero-order valence-corrected chi connectivity index (χ0v) is 14.0. The summed E-state index contributed by atoms with van der Waals surface area (Å²) in [7, 11) is 2.49. The van der Waals surface area contributed by atoms with Gasteiger partial charge < -0.3 is 9.47 Å². The summed E-state index contributed by atoms with van der Waals surface area (Å²) in [5.74, 6) is -2.24. The number of aromatic nitrogens is 2. The SMILES string of the molecule is COc1c(F)cc(F)c(OC)c1-c1cn(SF)c2nc(Cl)ccc12. The fourth-order valence-corrected chi connectivity index (χ4v) is 3.02. The number of fused-ring (bicyclic) bond motifs is 1. The fraction of sp³-hybridized carbons (Fsp3) is 0.133. The quantitative estimate of drug-likeness (QED) is 0.600. The van der Waals surface area contributed by atoms with Crippen molar-refractivity contribution in [3.63, 3.8) is 0 Å². The first-order valence-corrected chi connectivity index (χ1v) is 7.64. The van der Waals surface area contributed by atoms with E-state index in [0.29, 0.717) is 17.0 Å². The molecule has 126 valence electrons. The summed E-state index contributed by atoms with van der Waals surface area (Å²) in [6.07, 6.45) is 1.35. The second-order valence-corrected chi connectivity index (χ2v) is 5.64. The summed E-state index contributed by atoms with van der Waals surface area (Å²) >= 11 is 5.73. The maximum Gasteiger partial charge on any atom is 0.171 e. The third-order valence-corrected chi connectivity index (χ3v) is 4.12. The average molecular weight is 375 g/mol. The van der Waals surface area contributed by atoms with Crippen LogP contribution in [-0.4, -0.2) is 23.2 Å². The van der Waals surface area contributed by atoms with E-state index in [0.717, 1.165) is 3.97 Å². The molecule has 0 bridgehead atoms. The molecule has 2 heterocycles. The average Bonchev–Trinajstić information content (AvgIpc) is 2.91. The molecule has 0 fully saturated rings. The minimum atomic E-state index is -0.901. The van der Waals surface area contributed by atoms with Crippen molar-refractivity contribution in [2.45, 2.75) is 0 Å². The molecule has 0 aliphatic rings. The molecular weight excluding hydrogens is 365 g/mol. The van der Waals surface area contributed by atoms with Crippen molar-refractivity contribution in [1.82, 2.24) is 8.96 Å². The van der Waals surface area contributed by atoms with Gasteiger partial charge >= 0.3 is 0 Å². The van der Waals surface area contributed by atoms with E-state index < -0.39 is 11.6 Å². The second-order valence-electron chi connectivity index (χ2n) is 4.72. The van der Waals surface area contributed by atoms with Crippen LogP contribution >= 0.6 is 23.9 Å².